The maximum atomic E-state index is 2.37. The van der Waals surface area contributed by atoms with Crippen molar-refractivity contribution >= 4 is 0 Å². The van der Waals surface area contributed by atoms with Crippen LogP contribution in [0.3, 0.4) is 0 Å². The molecule has 0 amide bonds. The summed E-state index contributed by atoms with van der Waals surface area (Å²) in [5.41, 5.74) is 1.73. The van der Waals surface area contributed by atoms with Crippen LogP contribution < -0.4 is 0 Å². The zero-order chi connectivity index (χ0) is 8.39. The molecule has 0 radical (unpaired) electrons. The quantitative estimate of drug-likeness (QED) is 0.580. The van der Waals surface area contributed by atoms with E-state index in [1.54, 1.807) is 5.57 Å². The van der Waals surface area contributed by atoms with Crippen LogP contribution in [0.2, 0.25) is 0 Å². The highest BCUT2D eigenvalue weighted by Crippen LogP contribution is 2.47. The summed E-state index contributed by atoms with van der Waals surface area (Å²) in [6.07, 6.45) is 13.9. The molecule has 0 aliphatic heterocycles. The van der Waals surface area contributed by atoms with E-state index >= 15 is 0 Å². The van der Waals surface area contributed by atoms with Crippen LogP contribution in [-0.4, -0.2) is 0 Å². The molecule has 0 saturated heterocycles. The third kappa shape index (κ3) is 1.48. The Balaban J connectivity index is 1.97. The smallest absolute Gasteiger partial charge is 0.0197 e. The van der Waals surface area contributed by atoms with Gasteiger partial charge < -0.3 is 0 Å². The van der Waals surface area contributed by atoms with Crippen LogP contribution >= 0.6 is 0 Å². The number of allylic oxidation sites excluding steroid dienone is 4. The Labute approximate surface area is 75.4 Å². The van der Waals surface area contributed by atoms with Crippen LogP contribution in [0.15, 0.2) is 23.8 Å². The van der Waals surface area contributed by atoms with Gasteiger partial charge in [0.05, 0.1) is 0 Å². The van der Waals surface area contributed by atoms with Crippen LogP contribution in [0.4, 0.5) is 0 Å². The van der Waals surface area contributed by atoms with E-state index in [1.165, 1.54) is 25.7 Å². The van der Waals surface area contributed by atoms with Crippen molar-refractivity contribution in [3.8, 4) is 0 Å². The molecule has 2 fully saturated rings. The third-order valence-corrected chi connectivity index (χ3v) is 3.27. The second-order valence-corrected chi connectivity index (χ2v) is 4.16. The maximum Gasteiger partial charge on any atom is -0.0197 e. The number of fused-ring (bicyclic) bond motifs is 2. The molecular weight excluding hydrogens is 144 g/mol. The van der Waals surface area contributed by atoms with E-state index < -0.39 is 0 Å². The normalized spacial score (nSPS) is 37.2. The van der Waals surface area contributed by atoms with Crippen LogP contribution in [0, 0.1) is 11.8 Å². The van der Waals surface area contributed by atoms with E-state index in [-0.39, 0.29) is 0 Å². The van der Waals surface area contributed by atoms with Gasteiger partial charge >= 0.3 is 0 Å². The van der Waals surface area contributed by atoms with Crippen LogP contribution in [0.25, 0.3) is 0 Å². The first kappa shape index (κ1) is 8.10. The van der Waals surface area contributed by atoms with Gasteiger partial charge in [0.1, 0.15) is 0 Å². The molecule has 2 bridgehead atoms. The average Bonchev–Trinajstić information content (AvgIpc) is 2.65. The molecule has 2 saturated carbocycles. The topological polar surface area (TPSA) is 0 Å². The lowest BCUT2D eigenvalue weighted by atomic mass is 9.94. The van der Waals surface area contributed by atoms with Crippen LogP contribution in [-0.2, 0) is 0 Å². The first-order valence-electron chi connectivity index (χ1n) is 5.25. The molecule has 0 heterocycles. The predicted molar refractivity (Wildman–Crippen MR) is 53.0 cm³/mol. The molecule has 2 aliphatic carbocycles. The van der Waals surface area contributed by atoms with Gasteiger partial charge in [-0.15, -0.1) is 0 Å². The van der Waals surface area contributed by atoms with Crippen molar-refractivity contribution in [1.29, 1.82) is 0 Å². The minimum Gasteiger partial charge on any atom is -0.0848 e. The van der Waals surface area contributed by atoms with E-state index in [9.17, 15) is 0 Å². The Morgan fingerprint density at radius 3 is 2.92 bits per heavy atom. The molecule has 2 rings (SSSR count). The number of hydrogen-bond donors (Lipinski definition) is 0. The highest BCUT2D eigenvalue weighted by Gasteiger charge is 2.34. The molecule has 0 aromatic rings. The molecule has 2 atom stereocenters. The molecular formula is C12H18. The van der Waals surface area contributed by atoms with Crippen molar-refractivity contribution in [1.82, 2.24) is 0 Å². The maximum absolute atomic E-state index is 2.37. The Morgan fingerprint density at radius 1 is 1.42 bits per heavy atom. The van der Waals surface area contributed by atoms with Crippen LogP contribution in [0.1, 0.15) is 39.0 Å². The fourth-order valence-electron chi connectivity index (χ4n) is 2.63. The predicted octanol–water partition coefficient (Wildman–Crippen LogP) is 3.70. The third-order valence-electron chi connectivity index (χ3n) is 3.27. The van der Waals surface area contributed by atoms with Crippen molar-refractivity contribution in [2.45, 2.75) is 39.0 Å². The summed E-state index contributed by atoms with van der Waals surface area (Å²) in [5.74, 6) is 2.02. The SMILES string of the molecule is CCC=CC=C1CC2CCC1C2. The molecule has 12 heavy (non-hydrogen) atoms. The van der Waals surface area contributed by atoms with Gasteiger partial charge in [0.2, 0.25) is 0 Å². The molecule has 2 aliphatic rings. The van der Waals surface area contributed by atoms with Crippen LogP contribution in [0.5, 0.6) is 0 Å². The Bertz CT molecular complexity index is 210. The molecule has 2 unspecified atom stereocenters. The summed E-state index contributed by atoms with van der Waals surface area (Å²) in [4.78, 5) is 0. The lowest BCUT2D eigenvalue weighted by molar-refractivity contribution is 0.561. The number of hydrogen-bond acceptors (Lipinski definition) is 0. The molecule has 0 spiro atoms. The van der Waals surface area contributed by atoms with Gasteiger partial charge in [-0.2, -0.15) is 0 Å². The second-order valence-electron chi connectivity index (χ2n) is 4.16. The molecule has 0 aromatic carbocycles. The first-order chi connectivity index (χ1) is 5.90. The average molecular weight is 162 g/mol. The van der Waals surface area contributed by atoms with Gasteiger partial charge in [0.25, 0.3) is 0 Å². The standard InChI is InChI=1S/C12H18/c1-2-3-4-5-11-8-10-6-7-12(11)9-10/h3-5,10,12H,2,6-9H2,1H3. The minimum atomic E-state index is 0.969. The summed E-state index contributed by atoms with van der Waals surface area (Å²) in [6, 6.07) is 0. The van der Waals surface area contributed by atoms with Gasteiger partial charge in [-0.1, -0.05) is 30.7 Å². The molecule has 0 nitrogen and oxygen atoms in total. The summed E-state index contributed by atoms with van der Waals surface area (Å²) in [6.45, 7) is 2.19. The van der Waals surface area contributed by atoms with Crippen molar-refractivity contribution in [3.05, 3.63) is 23.8 Å². The van der Waals surface area contributed by atoms with Gasteiger partial charge in [0, 0.05) is 0 Å². The van der Waals surface area contributed by atoms with E-state index in [0.717, 1.165) is 18.3 Å². The summed E-state index contributed by atoms with van der Waals surface area (Å²) >= 11 is 0. The summed E-state index contributed by atoms with van der Waals surface area (Å²) in [5, 5.41) is 0. The number of rotatable bonds is 2. The fourth-order valence-corrected chi connectivity index (χ4v) is 2.63. The van der Waals surface area contributed by atoms with Gasteiger partial charge in [-0.3, -0.25) is 0 Å². The zero-order valence-corrected chi connectivity index (χ0v) is 7.92. The molecule has 66 valence electrons. The van der Waals surface area contributed by atoms with Gasteiger partial charge in [0.15, 0.2) is 0 Å². The van der Waals surface area contributed by atoms with Crippen molar-refractivity contribution < 1.29 is 0 Å². The lowest BCUT2D eigenvalue weighted by Crippen LogP contribution is -1.96. The minimum absolute atomic E-state index is 0.969. The van der Waals surface area contributed by atoms with Gasteiger partial charge in [-0.05, 0) is 43.9 Å². The van der Waals surface area contributed by atoms with Gasteiger partial charge in [-0.25, -0.2) is 0 Å². The van der Waals surface area contributed by atoms with Crippen molar-refractivity contribution in [2.75, 3.05) is 0 Å². The molecule has 0 heteroatoms. The highest BCUT2D eigenvalue weighted by atomic mass is 14.4. The zero-order valence-electron chi connectivity index (χ0n) is 7.92. The fraction of sp³-hybridized carbons (Fsp3) is 0.667. The Hall–Kier alpha value is -0.520. The van der Waals surface area contributed by atoms with E-state index in [1.807, 2.05) is 0 Å². The first-order valence-corrected chi connectivity index (χ1v) is 5.25. The van der Waals surface area contributed by atoms with Crippen molar-refractivity contribution in [3.63, 3.8) is 0 Å². The second kappa shape index (κ2) is 3.47. The molecule has 0 aromatic heterocycles. The monoisotopic (exact) mass is 162 g/mol. The van der Waals surface area contributed by atoms with E-state index in [2.05, 4.69) is 25.2 Å². The Kier molecular flexibility index (Phi) is 2.34. The van der Waals surface area contributed by atoms with Crippen molar-refractivity contribution in [2.24, 2.45) is 11.8 Å². The largest absolute Gasteiger partial charge is 0.0848 e. The highest BCUT2D eigenvalue weighted by molar-refractivity contribution is 5.21. The van der Waals surface area contributed by atoms with E-state index in [4.69, 9.17) is 0 Å². The summed E-state index contributed by atoms with van der Waals surface area (Å²) in [7, 11) is 0. The Morgan fingerprint density at radius 2 is 2.33 bits per heavy atom. The lowest BCUT2D eigenvalue weighted by Gasteiger charge is -2.11. The summed E-state index contributed by atoms with van der Waals surface area (Å²) < 4.78 is 0. The van der Waals surface area contributed by atoms with E-state index in [0.29, 0.717) is 0 Å². The molecule has 0 N–H and O–H groups in total.